The summed E-state index contributed by atoms with van der Waals surface area (Å²) in [7, 11) is 0. The maximum absolute atomic E-state index is 5.49. The maximum Gasteiger partial charge on any atom is 0.0216 e. The lowest BCUT2D eigenvalue weighted by Gasteiger charge is -2.22. The van der Waals surface area contributed by atoms with Crippen molar-refractivity contribution in [3.63, 3.8) is 0 Å². The number of nitrogens with two attached hydrogens (primary N) is 1. The molecular formula is C9H11N. The summed E-state index contributed by atoms with van der Waals surface area (Å²) in [6.45, 7) is 0.674. The molecule has 0 aromatic heterocycles. The quantitative estimate of drug-likeness (QED) is 0.539. The van der Waals surface area contributed by atoms with Gasteiger partial charge < -0.3 is 5.73 Å². The molecule has 1 heteroatoms. The minimum atomic E-state index is 0.674. The summed E-state index contributed by atoms with van der Waals surface area (Å²) in [5.41, 5.74) is 13.0. The second-order valence-electron chi connectivity index (χ2n) is 2.84. The molecule has 0 saturated heterocycles. The molecule has 0 aromatic carbocycles. The normalized spacial score (nSPS) is 21.9. The lowest BCUT2D eigenvalue weighted by molar-refractivity contribution is 0.803. The van der Waals surface area contributed by atoms with E-state index in [0.717, 1.165) is 6.42 Å². The van der Waals surface area contributed by atoms with Gasteiger partial charge in [-0.15, -0.1) is 5.73 Å². The van der Waals surface area contributed by atoms with Crippen molar-refractivity contribution < 1.29 is 0 Å². The van der Waals surface area contributed by atoms with Gasteiger partial charge >= 0.3 is 0 Å². The molecule has 0 bridgehead atoms. The van der Waals surface area contributed by atoms with Gasteiger partial charge in [0.05, 0.1) is 0 Å². The lowest BCUT2D eigenvalue weighted by atomic mass is 9.82. The van der Waals surface area contributed by atoms with Crippen molar-refractivity contribution >= 4 is 0 Å². The van der Waals surface area contributed by atoms with E-state index in [9.17, 15) is 0 Å². The van der Waals surface area contributed by atoms with E-state index in [2.05, 4.69) is 11.8 Å². The van der Waals surface area contributed by atoms with Gasteiger partial charge in [0, 0.05) is 6.54 Å². The predicted octanol–water partition coefficient (Wildman–Crippen LogP) is 1.52. The second-order valence-corrected chi connectivity index (χ2v) is 2.84. The van der Waals surface area contributed by atoms with Gasteiger partial charge in [0.25, 0.3) is 0 Å². The predicted molar refractivity (Wildman–Crippen MR) is 41.5 cm³/mol. The molecule has 0 atom stereocenters. The SMILES string of the molecule is NCC1=C=C2CCC2=CC1. The van der Waals surface area contributed by atoms with Crippen LogP contribution in [-0.4, -0.2) is 6.54 Å². The minimum absolute atomic E-state index is 0.674. The molecule has 10 heavy (non-hydrogen) atoms. The van der Waals surface area contributed by atoms with Gasteiger partial charge in [-0.2, -0.15) is 0 Å². The van der Waals surface area contributed by atoms with Crippen LogP contribution in [0.4, 0.5) is 0 Å². The number of fused-ring (bicyclic) bond motifs is 1. The van der Waals surface area contributed by atoms with E-state index >= 15 is 0 Å². The van der Waals surface area contributed by atoms with Crippen LogP contribution in [0.1, 0.15) is 19.3 Å². The van der Waals surface area contributed by atoms with Crippen LogP contribution >= 0.6 is 0 Å². The van der Waals surface area contributed by atoms with E-state index in [-0.39, 0.29) is 0 Å². The van der Waals surface area contributed by atoms with Gasteiger partial charge in [-0.1, -0.05) is 6.08 Å². The molecule has 1 fully saturated rings. The minimum Gasteiger partial charge on any atom is -0.326 e. The summed E-state index contributed by atoms with van der Waals surface area (Å²) in [6.07, 6.45) is 5.81. The standard InChI is InChI=1S/C9H11N/c10-6-7-1-2-8-3-4-9(8)5-7/h2H,1,3-4,6,10H2. The van der Waals surface area contributed by atoms with Crippen molar-refractivity contribution in [2.45, 2.75) is 19.3 Å². The molecule has 0 aliphatic heterocycles. The molecule has 1 saturated carbocycles. The first-order valence-corrected chi connectivity index (χ1v) is 3.77. The molecule has 0 heterocycles. The highest BCUT2D eigenvalue weighted by Gasteiger charge is 2.17. The van der Waals surface area contributed by atoms with Gasteiger partial charge in [0.2, 0.25) is 0 Å². The number of hydrogen-bond donors (Lipinski definition) is 1. The van der Waals surface area contributed by atoms with Gasteiger partial charge in [-0.25, -0.2) is 0 Å². The molecule has 0 amide bonds. The van der Waals surface area contributed by atoms with Crippen LogP contribution in [0, 0.1) is 0 Å². The third-order valence-corrected chi connectivity index (χ3v) is 2.20. The molecule has 1 nitrogen and oxygen atoms in total. The van der Waals surface area contributed by atoms with Crippen LogP contribution in [0.25, 0.3) is 0 Å². The van der Waals surface area contributed by atoms with E-state index in [1.165, 1.54) is 29.6 Å². The van der Waals surface area contributed by atoms with Crippen molar-refractivity contribution in [1.82, 2.24) is 0 Å². The van der Waals surface area contributed by atoms with E-state index < -0.39 is 0 Å². The molecular weight excluding hydrogens is 122 g/mol. The van der Waals surface area contributed by atoms with Crippen molar-refractivity contribution in [3.8, 4) is 0 Å². The number of hydrogen-bond acceptors (Lipinski definition) is 1. The van der Waals surface area contributed by atoms with Gasteiger partial charge in [-0.3, -0.25) is 0 Å². The Balaban J connectivity index is 2.36. The molecule has 2 N–H and O–H groups in total. The van der Waals surface area contributed by atoms with Crippen LogP contribution in [0.3, 0.4) is 0 Å². The fraction of sp³-hybridized carbons (Fsp3) is 0.444. The molecule has 0 unspecified atom stereocenters. The summed E-state index contributed by atoms with van der Waals surface area (Å²) >= 11 is 0. The Morgan fingerprint density at radius 1 is 1.50 bits per heavy atom. The average Bonchev–Trinajstić information content (AvgIpc) is 1.92. The smallest absolute Gasteiger partial charge is 0.0216 e. The monoisotopic (exact) mass is 133 g/mol. The summed E-state index contributed by atoms with van der Waals surface area (Å²) in [6, 6.07) is 0. The lowest BCUT2D eigenvalue weighted by Crippen LogP contribution is -2.09. The Kier molecular flexibility index (Phi) is 1.26. The first kappa shape index (κ1) is 5.96. The van der Waals surface area contributed by atoms with E-state index in [0.29, 0.717) is 6.54 Å². The Bertz CT molecular complexity index is 252. The second kappa shape index (κ2) is 2.12. The number of rotatable bonds is 1. The molecule has 0 aromatic rings. The van der Waals surface area contributed by atoms with Crippen LogP contribution in [-0.2, 0) is 0 Å². The largest absolute Gasteiger partial charge is 0.326 e. The Morgan fingerprint density at radius 3 is 2.90 bits per heavy atom. The van der Waals surface area contributed by atoms with E-state index in [4.69, 9.17) is 5.73 Å². The van der Waals surface area contributed by atoms with Gasteiger partial charge in [0.1, 0.15) is 0 Å². The molecule has 2 aliphatic carbocycles. The third kappa shape index (κ3) is 0.756. The third-order valence-electron chi connectivity index (χ3n) is 2.20. The van der Waals surface area contributed by atoms with Crippen molar-refractivity contribution in [3.05, 3.63) is 28.5 Å². The molecule has 52 valence electrons. The van der Waals surface area contributed by atoms with Crippen LogP contribution in [0.15, 0.2) is 28.5 Å². The van der Waals surface area contributed by atoms with E-state index in [1.807, 2.05) is 0 Å². The zero-order valence-corrected chi connectivity index (χ0v) is 5.98. The highest BCUT2D eigenvalue weighted by molar-refractivity contribution is 5.43. The summed E-state index contributed by atoms with van der Waals surface area (Å²) < 4.78 is 0. The van der Waals surface area contributed by atoms with Crippen molar-refractivity contribution in [2.75, 3.05) is 6.54 Å². The van der Waals surface area contributed by atoms with E-state index in [1.54, 1.807) is 0 Å². The van der Waals surface area contributed by atoms with Gasteiger partial charge in [0.15, 0.2) is 0 Å². The highest BCUT2D eigenvalue weighted by atomic mass is 14.5. The van der Waals surface area contributed by atoms with Crippen molar-refractivity contribution in [1.29, 1.82) is 0 Å². The summed E-state index contributed by atoms with van der Waals surface area (Å²) in [5.74, 6) is 0. The first-order valence-electron chi connectivity index (χ1n) is 3.77. The van der Waals surface area contributed by atoms with Gasteiger partial charge in [-0.05, 0) is 36.0 Å². The fourth-order valence-corrected chi connectivity index (χ4v) is 1.41. The molecule has 0 spiro atoms. The summed E-state index contributed by atoms with van der Waals surface area (Å²) in [4.78, 5) is 0. The van der Waals surface area contributed by atoms with Crippen molar-refractivity contribution in [2.24, 2.45) is 5.73 Å². The average molecular weight is 133 g/mol. The fourth-order valence-electron chi connectivity index (χ4n) is 1.41. The summed E-state index contributed by atoms with van der Waals surface area (Å²) in [5, 5.41) is 0. The number of allylic oxidation sites excluding steroid dienone is 2. The van der Waals surface area contributed by atoms with Crippen LogP contribution < -0.4 is 5.73 Å². The maximum atomic E-state index is 5.49. The topological polar surface area (TPSA) is 26.0 Å². The zero-order chi connectivity index (χ0) is 6.97. The first-order chi connectivity index (χ1) is 4.90. The highest BCUT2D eigenvalue weighted by Crippen LogP contribution is 2.35. The zero-order valence-electron chi connectivity index (χ0n) is 5.98. The van der Waals surface area contributed by atoms with Crippen LogP contribution in [0.5, 0.6) is 0 Å². The Labute approximate surface area is 60.9 Å². The Morgan fingerprint density at radius 2 is 2.40 bits per heavy atom. The van der Waals surface area contributed by atoms with Crippen LogP contribution in [0.2, 0.25) is 0 Å². The molecule has 0 radical (unpaired) electrons. The molecule has 2 aliphatic rings. The Hall–Kier alpha value is -0.780. The molecule has 2 rings (SSSR count).